The number of halogens is 3. The average Bonchev–Trinajstić information content (AvgIpc) is 2.81. The summed E-state index contributed by atoms with van der Waals surface area (Å²) in [5, 5.41) is 4.66. The van der Waals surface area contributed by atoms with Crippen molar-refractivity contribution < 1.29 is 13.2 Å². The molecule has 3 aromatic rings. The fourth-order valence-corrected chi connectivity index (χ4v) is 2.15. The molecule has 1 aromatic heterocycles. The Labute approximate surface area is 113 Å². The van der Waals surface area contributed by atoms with E-state index >= 15 is 0 Å². The van der Waals surface area contributed by atoms with Crippen molar-refractivity contribution in [3.8, 4) is 0 Å². The van der Waals surface area contributed by atoms with Gasteiger partial charge in [0.05, 0.1) is 23.8 Å². The van der Waals surface area contributed by atoms with Crippen molar-refractivity contribution >= 4 is 10.9 Å². The van der Waals surface area contributed by atoms with Crippen LogP contribution in [0.1, 0.15) is 11.1 Å². The number of benzene rings is 2. The molecule has 0 N–H and O–H groups in total. The number of hydrogen-bond acceptors (Lipinski definition) is 1. The zero-order valence-corrected chi connectivity index (χ0v) is 10.4. The van der Waals surface area contributed by atoms with Gasteiger partial charge >= 0.3 is 6.18 Å². The number of rotatable bonds is 2. The lowest BCUT2D eigenvalue weighted by Crippen LogP contribution is -2.05. The van der Waals surface area contributed by atoms with Crippen LogP contribution in [0.25, 0.3) is 10.9 Å². The van der Waals surface area contributed by atoms with E-state index in [1.807, 2.05) is 30.3 Å². The molecule has 0 fully saturated rings. The SMILES string of the molecule is FC(F)(F)c1ccc2c(cnn2Cc2ccccc2)c1. The van der Waals surface area contributed by atoms with Gasteiger partial charge in [0.25, 0.3) is 0 Å². The van der Waals surface area contributed by atoms with Crippen molar-refractivity contribution in [2.75, 3.05) is 0 Å². The lowest BCUT2D eigenvalue weighted by Gasteiger charge is -2.07. The molecule has 0 aliphatic carbocycles. The molecule has 0 unspecified atom stereocenters. The van der Waals surface area contributed by atoms with E-state index in [1.165, 1.54) is 12.3 Å². The van der Waals surface area contributed by atoms with Gasteiger partial charge in [-0.2, -0.15) is 18.3 Å². The summed E-state index contributed by atoms with van der Waals surface area (Å²) in [6.07, 6.45) is -2.86. The maximum atomic E-state index is 12.6. The summed E-state index contributed by atoms with van der Waals surface area (Å²) >= 11 is 0. The first-order valence-corrected chi connectivity index (χ1v) is 6.11. The highest BCUT2D eigenvalue weighted by molar-refractivity contribution is 5.79. The lowest BCUT2D eigenvalue weighted by atomic mass is 10.1. The normalized spacial score (nSPS) is 11.9. The summed E-state index contributed by atoms with van der Waals surface area (Å²) in [6.45, 7) is 0.537. The van der Waals surface area contributed by atoms with Crippen molar-refractivity contribution in [2.45, 2.75) is 12.7 Å². The van der Waals surface area contributed by atoms with E-state index in [2.05, 4.69) is 5.10 Å². The monoisotopic (exact) mass is 276 g/mol. The molecule has 0 saturated carbocycles. The van der Waals surface area contributed by atoms with Crippen LogP contribution in [-0.4, -0.2) is 9.78 Å². The first-order chi connectivity index (χ1) is 9.54. The van der Waals surface area contributed by atoms with Gasteiger partial charge in [-0.25, -0.2) is 0 Å². The quantitative estimate of drug-likeness (QED) is 0.689. The van der Waals surface area contributed by atoms with Crippen LogP contribution in [0, 0.1) is 0 Å². The predicted molar refractivity (Wildman–Crippen MR) is 70.3 cm³/mol. The van der Waals surface area contributed by atoms with Gasteiger partial charge in [0.1, 0.15) is 0 Å². The fourth-order valence-electron chi connectivity index (χ4n) is 2.15. The Balaban J connectivity index is 1.98. The minimum absolute atomic E-state index is 0.496. The molecule has 5 heteroatoms. The highest BCUT2D eigenvalue weighted by Crippen LogP contribution is 2.31. The van der Waals surface area contributed by atoms with E-state index in [4.69, 9.17) is 0 Å². The maximum Gasteiger partial charge on any atom is 0.416 e. The molecule has 0 aliphatic rings. The molecule has 0 amide bonds. The number of aromatic nitrogens is 2. The predicted octanol–water partition coefficient (Wildman–Crippen LogP) is 4.10. The number of nitrogens with zero attached hydrogens (tertiary/aromatic N) is 2. The van der Waals surface area contributed by atoms with Crippen LogP contribution in [0.4, 0.5) is 13.2 Å². The summed E-state index contributed by atoms with van der Waals surface area (Å²) < 4.78 is 39.6. The Bertz CT molecular complexity index is 730. The van der Waals surface area contributed by atoms with Gasteiger partial charge < -0.3 is 0 Å². The molecular formula is C15H11F3N2. The van der Waals surface area contributed by atoms with E-state index in [9.17, 15) is 13.2 Å². The molecule has 0 aliphatic heterocycles. The van der Waals surface area contributed by atoms with Crippen molar-refractivity contribution in [3.63, 3.8) is 0 Å². The van der Waals surface area contributed by atoms with E-state index in [0.29, 0.717) is 17.4 Å². The number of hydrogen-bond donors (Lipinski definition) is 0. The Kier molecular flexibility index (Phi) is 2.97. The smallest absolute Gasteiger partial charge is 0.260 e. The van der Waals surface area contributed by atoms with Crippen LogP contribution >= 0.6 is 0 Å². The molecule has 0 saturated heterocycles. The second-order valence-corrected chi connectivity index (χ2v) is 4.56. The molecule has 1 heterocycles. The summed E-state index contributed by atoms with van der Waals surface area (Å²) in [4.78, 5) is 0. The van der Waals surface area contributed by atoms with Crippen molar-refractivity contribution in [3.05, 3.63) is 65.9 Å². The van der Waals surface area contributed by atoms with Crippen molar-refractivity contribution in [1.29, 1.82) is 0 Å². The zero-order chi connectivity index (χ0) is 14.2. The van der Waals surface area contributed by atoms with Crippen LogP contribution in [0.3, 0.4) is 0 Å². The molecule has 102 valence electrons. The van der Waals surface area contributed by atoms with Crippen LogP contribution in [0.2, 0.25) is 0 Å². The van der Waals surface area contributed by atoms with E-state index in [0.717, 1.165) is 17.7 Å². The van der Waals surface area contributed by atoms with Crippen molar-refractivity contribution in [1.82, 2.24) is 9.78 Å². The first-order valence-electron chi connectivity index (χ1n) is 6.11. The third-order valence-electron chi connectivity index (χ3n) is 3.14. The Hall–Kier alpha value is -2.30. The molecule has 3 rings (SSSR count). The topological polar surface area (TPSA) is 17.8 Å². The average molecular weight is 276 g/mol. The molecule has 20 heavy (non-hydrogen) atoms. The van der Waals surface area contributed by atoms with E-state index < -0.39 is 11.7 Å². The Morgan fingerprint density at radius 1 is 1.00 bits per heavy atom. The molecule has 0 spiro atoms. The van der Waals surface area contributed by atoms with Gasteiger partial charge in [0.2, 0.25) is 0 Å². The summed E-state index contributed by atoms with van der Waals surface area (Å²) in [5.41, 5.74) is 1.10. The molecule has 0 radical (unpaired) electrons. The lowest BCUT2D eigenvalue weighted by molar-refractivity contribution is -0.137. The third kappa shape index (κ3) is 2.39. The molecule has 0 bridgehead atoms. The summed E-state index contributed by atoms with van der Waals surface area (Å²) in [6, 6.07) is 13.4. The van der Waals surface area contributed by atoms with E-state index in [-0.39, 0.29) is 0 Å². The van der Waals surface area contributed by atoms with Gasteiger partial charge in [0.15, 0.2) is 0 Å². The first kappa shape index (κ1) is 12.7. The Morgan fingerprint density at radius 3 is 2.45 bits per heavy atom. The summed E-state index contributed by atoms with van der Waals surface area (Å²) in [5.74, 6) is 0. The largest absolute Gasteiger partial charge is 0.416 e. The van der Waals surface area contributed by atoms with E-state index in [1.54, 1.807) is 4.68 Å². The zero-order valence-electron chi connectivity index (χ0n) is 10.4. The second-order valence-electron chi connectivity index (χ2n) is 4.56. The van der Waals surface area contributed by atoms with Crippen LogP contribution in [0.15, 0.2) is 54.7 Å². The number of alkyl halides is 3. The molecular weight excluding hydrogens is 265 g/mol. The highest BCUT2D eigenvalue weighted by atomic mass is 19.4. The van der Waals surface area contributed by atoms with Gasteiger partial charge in [-0.1, -0.05) is 30.3 Å². The molecule has 0 atom stereocenters. The standard InChI is InChI=1S/C15H11F3N2/c16-15(17,18)13-6-7-14-12(8-13)9-19-20(14)10-11-4-2-1-3-5-11/h1-9H,10H2. The van der Waals surface area contributed by atoms with Gasteiger partial charge in [-0.15, -0.1) is 0 Å². The van der Waals surface area contributed by atoms with Gasteiger partial charge in [-0.05, 0) is 23.8 Å². The van der Waals surface area contributed by atoms with Crippen LogP contribution in [0.5, 0.6) is 0 Å². The highest BCUT2D eigenvalue weighted by Gasteiger charge is 2.30. The van der Waals surface area contributed by atoms with Crippen LogP contribution < -0.4 is 0 Å². The number of fused-ring (bicyclic) bond motifs is 1. The summed E-state index contributed by atoms with van der Waals surface area (Å²) in [7, 11) is 0. The van der Waals surface area contributed by atoms with Crippen molar-refractivity contribution in [2.24, 2.45) is 0 Å². The molecule has 2 aromatic carbocycles. The fraction of sp³-hybridized carbons (Fsp3) is 0.133. The van der Waals surface area contributed by atoms with Crippen LogP contribution in [-0.2, 0) is 12.7 Å². The minimum Gasteiger partial charge on any atom is -0.260 e. The maximum absolute atomic E-state index is 12.6. The van der Waals surface area contributed by atoms with Gasteiger partial charge in [-0.3, -0.25) is 4.68 Å². The minimum atomic E-state index is -4.32. The molecule has 2 nitrogen and oxygen atoms in total. The van der Waals surface area contributed by atoms with Gasteiger partial charge in [0, 0.05) is 5.39 Å². The Morgan fingerprint density at radius 2 is 1.75 bits per heavy atom. The second kappa shape index (κ2) is 4.67. The third-order valence-corrected chi connectivity index (χ3v) is 3.14.